The number of nitrogens with zero attached hydrogens (tertiary/aromatic N) is 2. The number of hydrogen-bond acceptors (Lipinski definition) is 6. The number of esters is 1. The largest absolute Gasteiger partial charge is 0.465 e. The van der Waals surface area contributed by atoms with Gasteiger partial charge >= 0.3 is 18.3 Å². The second kappa shape index (κ2) is 14.9. The molecule has 5 aromatic rings. The molecule has 0 spiro atoms. The zero-order chi connectivity index (χ0) is 40.0. The Hall–Kier alpha value is -4.63. The Morgan fingerprint density at radius 1 is 0.648 bits per heavy atom. The highest BCUT2D eigenvalue weighted by Crippen LogP contribution is 2.52. The number of benzene rings is 3. The first-order valence-electron chi connectivity index (χ1n) is 15.8. The van der Waals surface area contributed by atoms with Crippen LogP contribution in [0, 0.1) is 11.6 Å². The van der Waals surface area contributed by atoms with Gasteiger partial charge in [0.15, 0.2) is 11.2 Å². The predicted molar refractivity (Wildman–Crippen MR) is 184 cm³/mol. The number of carbonyl (C=O) groups is 1. The molecule has 0 bridgehead atoms. The van der Waals surface area contributed by atoms with Crippen molar-refractivity contribution in [1.82, 2.24) is 9.97 Å². The molecule has 0 saturated heterocycles. The lowest BCUT2D eigenvalue weighted by Gasteiger charge is -2.37. The van der Waals surface area contributed by atoms with Crippen molar-refractivity contribution in [3.63, 3.8) is 0 Å². The van der Waals surface area contributed by atoms with Gasteiger partial charge in [0.25, 0.3) is 0 Å². The van der Waals surface area contributed by atoms with E-state index in [0.717, 1.165) is 94.0 Å². The van der Waals surface area contributed by atoms with Gasteiger partial charge < -0.3 is 14.9 Å². The molecule has 0 saturated carbocycles. The molecule has 2 heterocycles. The molecular weight excluding hydrogens is 771 g/mol. The SMILES string of the molecule is COC(=O)c1cc(-c2cc(C(O)(C(C)c3ccc(F)cc3Cl)C(F)(F)F)ccn2)cc(-c2cc(C(O)(C(C)c3ccc(F)cc3Cl)C(F)(F)F)ccn2)c1. The van der Waals surface area contributed by atoms with Crippen molar-refractivity contribution in [2.45, 2.75) is 49.2 Å². The molecule has 6 nitrogen and oxygen atoms in total. The molecule has 4 unspecified atom stereocenters. The van der Waals surface area contributed by atoms with E-state index in [2.05, 4.69) is 9.97 Å². The Balaban J connectivity index is 1.66. The lowest BCUT2D eigenvalue weighted by molar-refractivity contribution is -0.274. The van der Waals surface area contributed by atoms with Crippen LogP contribution in [0.5, 0.6) is 0 Å². The standard InChI is InChI=1S/C38H28Cl2F8N2O4/c1-19(28-6-4-26(41)17-30(28)39)35(52,37(43,44)45)24-8-10-49-32(15-24)21-12-22(14-23(13-21)34(51)54-3)33-16-25(9-11-50-33)36(53,38(46,47)48)20(2)29-7-5-27(42)18-31(29)40/h4-20,52-53H,1-3H3. The molecule has 0 aliphatic carbocycles. The Morgan fingerprint density at radius 2 is 1.04 bits per heavy atom. The molecular formula is C38H28Cl2F8N2O4. The normalized spacial score (nSPS) is 15.5. The van der Waals surface area contributed by atoms with E-state index in [4.69, 9.17) is 27.9 Å². The highest BCUT2D eigenvalue weighted by molar-refractivity contribution is 6.31. The van der Waals surface area contributed by atoms with Crippen molar-refractivity contribution in [3.8, 4) is 22.5 Å². The van der Waals surface area contributed by atoms with E-state index in [1.165, 1.54) is 18.2 Å². The van der Waals surface area contributed by atoms with Crippen LogP contribution >= 0.6 is 23.2 Å². The van der Waals surface area contributed by atoms with Crippen LogP contribution in [0.4, 0.5) is 35.1 Å². The Labute approximate surface area is 313 Å². The highest BCUT2D eigenvalue weighted by Gasteiger charge is 2.60. The minimum atomic E-state index is -5.32. The Morgan fingerprint density at radius 3 is 1.37 bits per heavy atom. The monoisotopic (exact) mass is 798 g/mol. The molecule has 5 rings (SSSR count). The fourth-order valence-electron chi connectivity index (χ4n) is 6.28. The molecule has 2 aromatic heterocycles. The number of hydrogen-bond donors (Lipinski definition) is 2. The van der Waals surface area contributed by atoms with Crippen LogP contribution in [0.1, 0.15) is 58.3 Å². The molecule has 2 N–H and O–H groups in total. The number of carbonyl (C=O) groups excluding carboxylic acids is 1. The van der Waals surface area contributed by atoms with Gasteiger partial charge in [0.05, 0.1) is 24.1 Å². The first-order chi connectivity index (χ1) is 25.1. The molecule has 0 fully saturated rings. The topological polar surface area (TPSA) is 92.5 Å². The minimum absolute atomic E-state index is 0.0449. The van der Waals surface area contributed by atoms with Gasteiger partial charge in [0, 0.05) is 45.4 Å². The summed E-state index contributed by atoms with van der Waals surface area (Å²) >= 11 is 12.2. The summed E-state index contributed by atoms with van der Waals surface area (Å²) in [4.78, 5) is 21.0. The van der Waals surface area contributed by atoms with Gasteiger partial charge in [-0.25, -0.2) is 13.6 Å². The molecule has 54 heavy (non-hydrogen) atoms. The van der Waals surface area contributed by atoms with E-state index in [0.29, 0.717) is 0 Å². The maximum atomic E-state index is 14.8. The third kappa shape index (κ3) is 7.39. The van der Waals surface area contributed by atoms with Gasteiger partial charge in [-0.3, -0.25) is 9.97 Å². The number of aromatic nitrogens is 2. The molecule has 0 aliphatic heterocycles. The maximum absolute atomic E-state index is 14.8. The number of rotatable bonds is 9. The minimum Gasteiger partial charge on any atom is -0.465 e. The summed E-state index contributed by atoms with van der Waals surface area (Å²) in [5.74, 6) is -6.14. The summed E-state index contributed by atoms with van der Waals surface area (Å²) in [7, 11) is 1.04. The average molecular weight is 800 g/mol. The van der Waals surface area contributed by atoms with Gasteiger partial charge in [-0.2, -0.15) is 26.3 Å². The lowest BCUT2D eigenvalue weighted by atomic mass is 9.77. The number of aliphatic hydroxyl groups is 2. The number of methoxy groups -OCH3 is 1. The van der Waals surface area contributed by atoms with Crippen molar-refractivity contribution < 1.29 is 54.9 Å². The first kappa shape index (κ1) is 40.6. The van der Waals surface area contributed by atoms with E-state index < -0.39 is 64.1 Å². The van der Waals surface area contributed by atoms with Gasteiger partial charge in [-0.1, -0.05) is 49.2 Å². The molecule has 16 heteroatoms. The summed E-state index contributed by atoms with van der Waals surface area (Å²) < 4.78 is 121. The predicted octanol–water partition coefficient (Wildman–Crippen LogP) is 10.3. The molecule has 284 valence electrons. The van der Waals surface area contributed by atoms with E-state index in [9.17, 15) is 50.1 Å². The van der Waals surface area contributed by atoms with Gasteiger partial charge in [0.1, 0.15) is 11.6 Å². The molecule has 4 atom stereocenters. The lowest BCUT2D eigenvalue weighted by Crippen LogP contribution is -2.46. The van der Waals surface area contributed by atoms with Crippen LogP contribution in [0.3, 0.4) is 0 Å². The van der Waals surface area contributed by atoms with E-state index >= 15 is 0 Å². The summed E-state index contributed by atoms with van der Waals surface area (Å²) in [6.07, 6.45) is -8.71. The summed E-state index contributed by atoms with van der Waals surface area (Å²) in [6.45, 7) is 2.10. The van der Waals surface area contributed by atoms with E-state index in [1.807, 2.05) is 0 Å². The molecule has 0 aliphatic rings. The number of alkyl halides is 6. The third-order valence-corrected chi connectivity index (χ3v) is 9.98. The second-order valence-electron chi connectivity index (χ2n) is 12.5. The third-order valence-electron chi connectivity index (χ3n) is 9.32. The van der Waals surface area contributed by atoms with Crippen LogP contribution in [-0.2, 0) is 15.9 Å². The summed E-state index contributed by atoms with van der Waals surface area (Å²) in [5.41, 5.74) is -9.81. The van der Waals surface area contributed by atoms with Gasteiger partial charge in [0.2, 0.25) is 0 Å². The first-order valence-corrected chi connectivity index (χ1v) is 16.5. The number of pyridine rings is 2. The van der Waals surface area contributed by atoms with E-state index in [1.54, 1.807) is 0 Å². The molecule has 3 aromatic carbocycles. The Kier molecular flexibility index (Phi) is 11.2. The van der Waals surface area contributed by atoms with Crippen molar-refractivity contribution in [3.05, 3.63) is 141 Å². The molecule has 0 amide bonds. The maximum Gasteiger partial charge on any atom is 0.422 e. The highest BCUT2D eigenvalue weighted by atomic mass is 35.5. The molecule has 0 radical (unpaired) electrons. The quantitative estimate of drug-likeness (QED) is 0.114. The van der Waals surface area contributed by atoms with Crippen molar-refractivity contribution in [2.24, 2.45) is 0 Å². The van der Waals surface area contributed by atoms with Crippen molar-refractivity contribution in [2.75, 3.05) is 7.11 Å². The van der Waals surface area contributed by atoms with Crippen LogP contribution in [-0.4, -0.2) is 45.6 Å². The van der Waals surface area contributed by atoms with Crippen molar-refractivity contribution >= 4 is 29.2 Å². The Bertz CT molecular complexity index is 2070. The van der Waals surface area contributed by atoms with Gasteiger partial charge in [-0.05, 0) is 89.0 Å². The van der Waals surface area contributed by atoms with Crippen LogP contribution in [0.15, 0.2) is 91.3 Å². The zero-order valence-corrected chi connectivity index (χ0v) is 29.7. The van der Waals surface area contributed by atoms with Crippen molar-refractivity contribution in [1.29, 1.82) is 0 Å². The zero-order valence-electron chi connectivity index (χ0n) is 28.2. The number of ether oxygens (including phenoxy) is 1. The van der Waals surface area contributed by atoms with Crippen LogP contribution in [0.25, 0.3) is 22.5 Å². The summed E-state index contributed by atoms with van der Waals surface area (Å²) in [6, 6.07) is 12.7. The van der Waals surface area contributed by atoms with Crippen LogP contribution in [0.2, 0.25) is 10.0 Å². The summed E-state index contributed by atoms with van der Waals surface area (Å²) in [5, 5.41) is 22.1. The van der Waals surface area contributed by atoms with Crippen LogP contribution < -0.4 is 0 Å². The average Bonchev–Trinajstić information content (AvgIpc) is 3.12. The second-order valence-corrected chi connectivity index (χ2v) is 13.3. The smallest absolute Gasteiger partial charge is 0.422 e. The fourth-order valence-corrected chi connectivity index (χ4v) is 6.95. The fraction of sp³-hybridized carbons (Fsp3) is 0.237. The number of halogens is 10. The van der Waals surface area contributed by atoms with E-state index in [-0.39, 0.29) is 49.3 Å². The van der Waals surface area contributed by atoms with Gasteiger partial charge in [-0.15, -0.1) is 0 Å².